The fourth-order valence-corrected chi connectivity index (χ4v) is 0.938. The Morgan fingerprint density at radius 1 is 1.73 bits per heavy atom. The lowest BCUT2D eigenvalue weighted by Crippen LogP contribution is -2.60. The number of primary amides is 1. The van der Waals surface area contributed by atoms with E-state index in [4.69, 9.17) is 23.1 Å². The molecule has 4 nitrogen and oxygen atoms in total. The molecule has 1 aliphatic rings. The van der Waals surface area contributed by atoms with Crippen molar-refractivity contribution in [2.24, 2.45) is 11.5 Å². The molecule has 0 spiro atoms. The van der Waals surface area contributed by atoms with Gasteiger partial charge < -0.3 is 11.1 Å². The number of hydrogen-bond donors (Lipinski definition) is 3. The second kappa shape index (κ2) is 2.56. The number of rotatable bonds is 1. The van der Waals surface area contributed by atoms with Crippen molar-refractivity contribution in [3.8, 4) is 0 Å². The van der Waals surface area contributed by atoms with E-state index in [9.17, 15) is 4.79 Å². The first-order valence-electron chi connectivity index (χ1n) is 2.96. The van der Waals surface area contributed by atoms with Gasteiger partial charge in [0.2, 0.25) is 0 Å². The van der Waals surface area contributed by atoms with Crippen LogP contribution in [0.15, 0.2) is 23.4 Å². The van der Waals surface area contributed by atoms with Crippen molar-refractivity contribution in [1.82, 2.24) is 5.32 Å². The molecule has 0 aromatic rings. The molecule has 1 aliphatic heterocycles. The van der Waals surface area contributed by atoms with E-state index in [1.165, 1.54) is 6.08 Å². The fourth-order valence-electron chi connectivity index (χ4n) is 0.709. The van der Waals surface area contributed by atoms with Crippen LogP contribution in [0, 0.1) is 0 Å². The standard InChI is InChI=1S/C6H8ClN3O/c7-4-2-1-3-6(9,10-4)5(8)11/h1-3,10H,9H2,(H2,8,11). The summed E-state index contributed by atoms with van der Waals surface area (Å²) in [5, 5.41) is 2.83. The molecule has 11 heavy (non-hydrogen) atoms. The highest BCUT2D eigenvalue weighted by atomic mass is 35.5. The number of allylic oxidation sites excluding steroid dienone is 2. The first-order valence-corrected chi connectivity index (χ1v) is 3.34. The van der Waals surface area contributed by atoms with Crippen molar-refractivity contribution < 1.29 is 4.79 Å². The van der Waals surface area contributed by atoms with Crippen LogP contribution in [0.1, 0.15) is 0 Å². The predicted molar refractivity (Wildman–Crippen MR) is 42.3 cm³/mol. The molecule has 1 atom stereocenters. The third-order valence-electron chi connectivity index (χ3n) is 1.34. The lowest BCUT2D eigenvalue weighted by Gasteiger charge is -2.26. The van der Waals surface area contributed by atoms with Crippen LogP contribution in [0.25, 0.3) is 0 Å². The minimum absolute atomic E-state index is 0.300. The van der Waals surface area contributed by atoms with Gasteiger partial charge in [0.05, 0.1) is 0 Å². The Kier molecular flexibility index (Phi) is 1.89. The molecule has 5 heteroatoms. The lowest BCUT2D eigenvalue weighted by atomic mass is 10.1. The number of carbonyl (C=O) groups is 1. The van der Waals surface area contributed by atoms with Crippen molar-refractivity contribution in [2.75, 3.05) is 0 Å². The van der Waals surface area contributed by atoms with E-state index in [0.29, 0.717) is 5.16 Å². The number of carbonyl (C=O) groups excluding carboxylic acids is 1. The highest BCUT2D eigenvalue weighted by molar-refractivity contribution is 6.29. The Morgan fingerprint density at radius 3 is 2.73 bits per heavy atom. The van der Waals surface area contributed by atoms with Crippen LogP contribution >= 0.6 is 11.6 Å². The van der Waals surface area contributed by atoms with Gasteiger partial charge in [-0.1, -0.05) is 17.7 Å². The second-order valence-electron chi connectivity index (χ2n) is 2.23. The van der Waals surface area contributed by atoms with Crippen molar-refractivity contribution in [3.05, 3.63) is 23.4 Å². The van der Waals surface area contributed by atoms with Gasteiger partial charge in [0, 0.05) is 0 Å². The molecule has 1 unspecified atom stereocenters. The number of amides is 1. The van der Waals surface area contributed by atoms with E-state index < -0.39 is 11.6 Å². The van der Waals surface area contributed by atoms with Gasteiger partial charge in [-0.05, 0) is 12.2 Å². The van der Waals surface area contributed by atoms with Crippen LogP contribution in [-0.2, 0) is 4.79 Å². The molecule has 1 amide bonds. The SMILES string of the molecule is NC(=O)C1(N)C=CC=C(Cl)N1. The van der Waals surface area contributed by atoms with Crippen molar-refractivity contribution >= 4 is 17.5 Å². The molecule has 5 N–H and O–H groups in total. The third kappa shape index (κ3) is 1.53. The topological polar surface area (TPSA) is 81.1 Å². The molecule has 0 saturated carbocycles. The first-order chi connectivity index (χ1) is 5.04. The molecular formula is C6H8ClN3O. The van der Waals surface area contributed by atoms with E-state index in [2.05, 4.69) is 5.32 Å². The zero-order valence-corrected chi connectivity index (χ0v) is 6.43. The molecule has 0 fully saturated rings. The maximum Gasteiger partial charge on any atom is 0.262 e. The normalized spacial score (nSPS) is 29.1. The van der Waals surface area contributed by atoms with Crippen LogP contribution < -0.4 is 16.8 Å². The van der Waals surface area contributed by atoms with Gasteiger partial charge in [0.15, 0.2) is 5.66 Å². The molecule has 1 rings (SSSR count). The Morgan fingerprint density at radius 2 is 2.36 bits per heavy atom. The quantitative estimate of drug-likeness (QED) is 0.462. The van der Waals surface area contributed by atoms with Crippen LogP contribution in [0.4, 0.5) is 0 Å². The number of nitrogens with two attached hydrogens (primary N) is 2. The van der Waals surface area contributed by atoms with Gasteiger partial charge in [-0.25, -0.2) is 0 Å². The summed E-state index contributed by atoms with van der Waals surface area (Å²) in [5.41, 5.74) is 9.15. The monoisotopic (exact) mass is 173 g/mol. The average Bonchev–Trinajstić information content (AvgIpc) is 1.86. The number of hydrogen-bond acceptors (Lipinski definition) is 3. The second-order valence-corrected chi connectivity index (χ2v) is 2.64. The Balaban J connectivity index is 2.86. The zero-order chi connectivity index (χ0) is 8.48. The van der Waals surface area contributed by atoms with Gasteiger partial charge in [-0.15, -0.1) is 0 Å². The molecule has 1 heterocycles. The molecular weight excluding hydrogens is 166 g/mol. The highest BCUT2D eigenvalue weighted by Gasteiger charge is 2.30. The van der Waals surface area contributed by atoms with Gasteiger partial charge >= 0.3 is 0 Å². The number of halogens is 1. The Hall–Kier alpha value is -1.00. The molecule has 0 aromatic heterocycles. The van der Waals surface area contributed by atoms with Crippen LogP contribution in [0.5, 0.6) is 0 Å². The van der Waals surface area contributed by atoms with Crippen LogP contribution in [0.2, 0.25) is 0 Å². The summed E-state index contributed by atoms with van der Waals surface area (Å²) in [5.74, 6) is -0.667. The van der Waals surface area contributed by atoms with E-state index in [1.54, 1.807) is 12.2 Å². The summed E-state index contributed by atoms with van der Waals surface area (Å²) in [6, 6.07) is 0. The molecule has 0 aromatic carbocycles. The minimum atomic E-state index is -1.34. The maximum atomic E-state index is 10.7. The van der Waals surface area contributed by atoms with Crippen molar-refractivity contribution in [2.45, 2.75) is 5.66 Å². The molecule has 60 valence electrons. The van der Waals surface area contributed by atoms with Gasteiger partial charge in [-0.3, -0.25) is 10.5 Å². The summed E-state index contributed by atoms with van der Waals surface area (Å²) in [4.78, 5) is 10.7. The molecule has 0 bridgehead atoms. The summed E-state index contributed by atoms with van der Waals surface area (Å²) in [6.07, 6.45) is 4.60. The maximum absolute atomic E-state index is 10.7. The van der Waals surface area contributed by atoms with Gasteiger partial charge in [-0.2, -0.15) is 0 Å². The summed E-state index contributed by atoms with van der Waals surface area (Å²) in [6.45, 7) is 0. The predicted octanol–water partition coefficient (Wildman–Crippen LogP) is -0.634. The summed E-state index contributed by atoms with van der Waals surface area (Å²) < 4.78 is 0. The van der Waals surface area contributed by atoms with Crippen LogP contribution in [0.3, 0.4) is 0 Å². The number of dihydropyridines is 1. The average molecular weight is 174 g/mol. The third-order valence-corrected chi connectivity index (χ3v) is 1.56. The van der Waals surface area contributed by atoms with E-state index >= 15 is 0 Å². The first kappa shape index (κ1) is 8.10. The smallest absolute Gasteiger partial charge is 0.262 e. The van der Waals surface area contributed by atoms with E-state index in [0.717, 1.165) is 0 Å². The van der Waals surface area contributed by atoms with Crippen molar-refractivity contribution in [1.29, 1.82) is 0 Å². The summed E-state index contributed by atoms with van der Waals surface area (Å²) >= 11 is 5.56. The molecule has 0 radical (unpaired) electrons. The van der Waals surface area contributed by atoms with E-state index in [-0.39, 0.29) is 0 Å². The lowest BCUT2D eigenvalue weighted by molar-refractivity contribution is -0.122. The van der Waals surface area contributed by atoms with E-state index in [1.807, 2.05) is 0 Å². The fraction of sp³-hybridized carbons (Fsp3) is 0.167. The zero-order valence-electron chi connectivity index (χ0n) is 5.67. The Bertz CT molecular complexity index is 248. The molecule has 0 aliphatic carbocycles. The Labute approximate surface area is 68.9 Å². The largest absolute Gasteiger partial charge is 0.366 e. The summed E-state index contributed by atoms with van der Waals surface area (Å²) in [7, 11) is 0. The van der Waals surface area contributed by atoms with Crippen molar-refractivity contribution in [3.63, 3.8) is 0 Å². The molecule has 0 saturated heterocycles. The van der Waals surface area contributed by atoms with Crippen LogP contribution in [-0.4, -0.2) is 11.6 Å². The minimum Gasteiger partial charge on any atom is -0.366 e. The highest BCUT2D eigenvalue weighted by Crippen LogP contribution is 2.10. The van der Waals surface area contributed by atoms with Gasteiger partial charge in [0.1, 0.15) is 5.16 Å². The van der Waals surface area contributed by atoms with Gasteiger partial charge in [0.25, 0.3) is 5.91 Å². The number of nitrogens with one attached hydrogen (secondary N) is 1.